The van der Waals surface area contributed by atoms with Gasteiger partial charge in [0, 0.05) is 44.0 Å². The summed E-state index contributed by atoms with van der Waals surface area (Å²) in [6.45, 7) is 2.11. The van der Waals surface area contributed by atoms with Crippen LogP contribution < -0.4 is 5.32 Å². The van der Waals surface area contributed by atoms with Crippen molar-refractivity contribution in [3.63, 3.8) is 0 Å². The molecule has 5 nitrogen and oxygen atoms in total. The SMILES string of the molecule is CC1(c2ccccc2)N=C(c2ccc(-n3c4ccccc4c4cc(-c5ccc6c(c5)c5ccccc5n6-c5ccccc5)ccc43)cc2)N=C(c2ccccc2)N1. The average Bonchev–Trinajstić information content (AvgIpc) is 3.79. The fourth-order valence-corrected chi connectivity index (χ4v) is 8.59. The predicted molar refractivity (Wildman–Crippen MR) is 237 cm³/mol. The Morgan fingerprint density at radius 3 is 1.44 bits per heavy atom. The van der Waals surface area contributed by atoms with E-state index in [9.17, 15) is 0 Å². The number of fused-ring (bicyclic) bond motifs is 6. The van der Waals surface area contributed by atoms with Crippen LogP contribution in [0.5, 0.6) is 0 Å². The Morgan fingerprint density at radius 2 is 0.860 bits per heavy atom. The average molecular weight is 732 g/mol. The van der Waals surface area contributed by atoms with Gasteiger partial charge in [-0.15, -0.1) is 0 Å². The molecule has 0 amide bonds. The minimum absolute atomic E-state index is 0.684. The van der Waals surface area contributed by atoms with Crippen molar-refractivity contribution in [2.45, 2.75) is 12.6 Å². The molecule has 3 heterocycles. The van der Waals surface area contributed by atoms with E-state index in [1.807, 2.05) is 24.3 Å². The van der Waals surface area contributed by atoms with Crippen LogP contribution in [0.4, 0.5) is 0 Å². The summed E-state index contributed by atoms with van der Waals surface area (Å²) in [5.41, 5.74) is 11.7. The fraction of sp³-hybridized carbons (Fsp3) is 0.0385. The first kappa shape index (κ1) is 32.9. The molecular weight excluding hydrogens is 695 g/mol. The zero-order valence-corrected chi connectivity index (χ0v) is 31.3. The molecule has 5 heteroatoms. The lowest BCUT2D eigenvalue weighted by Crippen LogP contribution is -2.46. The van der Waals surface area contributed by atoms with Crippen molar-refractivity contribution in [1.82, 2.24) is 14.5 Å². The molecule has 0 radical (unpaired) electrons. The Labute approximate surface area is 330 Å². The van der Waals surface area contributed by atoms with Gasteiger partial charge in [0.05, 0.1) is 22.1 Å². The summed E-state index contributed by atoms with van der Waals surface area (Å²) in [6, 6.07) is 71.1. The highest BCUT2D eigenvalue weighted by Gasteiger charge is 2.32. The molecule has 10 aromatic rings. The van der Waals surface area contributed by atoms with E-state index >= 15 is 0 Å². The van der Waals surface area contributed by atoms with E-state index < -0.39 is 5.66 Å². The molecule has 11 rings (SSSR count). The maximum absolute atomic E-state index is 5.22. The number of hydrogen-bond donors (Lipinski definition) is 1. The Hall–Kier alpha value is -7.50. The molecular formula is C52H37N5. The predicted octanol–water partition coefficient (Wildman–Crippen LogP) is 12.2. The van der Waals surface area contributed by atoms with E-state index in [1.165, 1.54) is 49.2 Å². The standard InChI is InChI=1S/C52H37N5/c1-52(39-17-7-3-8-18-39)54-50(35-15-5-2-6-16-35)53-51(55-52)36-25-29-41(30-26-36)57-47-24-14-12-22-43(47)45-34-38(28-32-49(45)57)37-27-31-48-44(33-37)42-21-11-13-23-46(42)56(48)40-19-9-4-10-20-40/h2-34H,1H3,(H,53,54,55). The van der Waals surface area contributed by atoms with E-state index in [0.29, 0.717) is 5.84 Å². The van der Waals surface area contributed by atoms with E-state index in [4.69, 9.17) is 9.98 Å². The molecule has 1 N–H and O–H groups in total. The molecule has 0 bridgehead atoms. The van der Waals surface area contributed by atoms with Crippen molar-refractivity contribution >= 4 is 55.3 Å². The van der Waals surface area contributed by atoms with Gasteiger partial charge in [-0.05, 0) is 96.4 Å². The van der Waals surface area contributed by atoms with E-state index in [0.717, 1.165) is 39.4 Å². The molecule has 270 valence electrons. The van der Waals surface area contributed by atoms with E-state index in [2.05, 4.69) is 197 Å². The summed E-state index contributed by atoms with van der Waals surface area (Å²) in [5.74, 6) is 1.50. The van der Waals surface area contributed by atoms with Crippen LogP contribution in [0.3, 0.4) is 0 Å². The Kier molecular flexibility index (Phi) is 7.54. The molecule has 1 atom stereocenters. The molecule has 2 aromatic heterocycles. The Morgan fingerprint density at radius 1 is 0.404 bits per heavy atom. The van der Waals surface area contributed by atoms with Gasteiger partial charge in [0.2, 0.25) is 0 Å². The number of aliphatic imine (C=N–C) groups is 2. The van der Waals surface area contributed by atoms with Crippen LogP contribution in [-0.2, 0) is 5.66 Å². The number of para-hydroxylation sites is 3. The highest BCUT2D eigenvalue weighted by atomic mass is 15.2. The second-order valence-electron chi connectivity index (χ2n) is 14.9. The molecule has 8 aromatic carbocycles. The number of aromatic nitrogens is 2. The molecule has 57 heavy (non-hydrogen) atoms. The van der Waals surface area contributed by atoms with Crippen LogP contribution >= 0.6 is 0 Å². The van der Waals surface area contributed by atoms with Gasteiger partial charge in [-0.2, -0.15) is 0 Å². The van der Waals surface area contributed by atoms with Crippen LogP contribution in [0.2, 0.25) is 0 Å². The molecule has 0 spiro atoms. The van der Waals surface area contributed by atoms with Crippen LogP contribution in [0, 0.1) is 0 Å². The normalized spacial score (nSPS) is 15.5. The second-order valence-corrected chi connectivity index (χ2v) is 14.9. The molecule has 1 aliphatic heterocycles. The summed E-state index contributed by atoms with van der Waals surface area (Å²) >= 11 is 0. The van der Waals surface area contributed by atoms with Gasteiger partial charge in [-0.3, -0.25) is 0 Å². The molecule has 0 saturated carbocycles. The number of rotatable bonds is 6. The maximum atomic E-state index is 5.22. The van der Waals surface area contributed by atoms with Crippen molar-refractivity contribution in [3.05, 3.63) is 217 Å². The molecule has 1 aliphatic rings. The third-order valence-electron chi connectivity index (χ3n) is 11.4. The first-order valence-corrected chi connectivity index (χ1v) is 19.4. The molecule has 0 fully saturated rings. The Bertz CT molecular complexity index is 3190. The van der Waals surface area contributed by atoms with Gasteiger partial charge in [0.25, 0.3) is 0 Å². The fourth-order valence-electron chi connectivity index (χ4n) is 8.59. The lowest BCUT2D eigenvalue weighted by Gasteiger charge is -2.33. The minimum Gasteiger partial charge on any atom is -0.342 e. The molecule has 1 unspecified atom stereocenters. The zero-order valence-electron chi connectivity index (χ0n) is 31.3. The van der Waals surface area contributed by atoms with Gasteiger partial charge in [-0.1, -0.05) is 127 Å². The van der Waals surface area contributed by atoms with Gasteiger partial charge in [0.15, 0.2) is 11.5 Å². The number of amidine groups is 2. The third-order valence-corrected chi connectivity index (χ3v) is 11.4. The highest BCUT2D eigenvalue weighted by Crippen LogP contribution is 2.38. The molecule has 0 aliphatic carbocycles. The summed E-state index contributed by atoms with van der Waals surface area (Å²) in [7, 11) is 0. The first-order valence-electron chi connectivity index (χ1n) is 19.4. The maximum Gasteiger partial charge on any atom is 0.159 e. The van der Waals surface area contributed by atoms with Crippen molar-refractivity contribution < 1.29 is 0 Å². The summed E-state index contributed by atoms with van der Waals surface area (Å²) in [4.78, 5) is 10.3. The van der Waals surface area contributed by atoms with E-state index in [1.54, 1.807) is 0 Å². The summed E-state index contributed by atoms with van der Waals surface area (Å²) in [6.07, 6.45) is 0. The van der Waals surface area contributed by atoms with Crippen molar-refractivity contribution in [2.75, 3.05) is 0 Å². The van der Waals surface area contributed by atoms with Crippen LogP contribution in [0.1, 0.15) is 23.6 Å². The number of nitrogens with zero attached hydrogens (tertiary/aromatic N) is 4. The summed E-state index contributed by atoms with van der Waals surface area (Å²) < 4.78 is 4.73. The van der Waals surface area contributed by atoms with Gasteiger partial charge >= 0.3 is 0 Å². The molecule has 0 saturated heterocycles. The van der Waals surface area contributed by atoms with Gasteiger partial charge < -0.3 is 14.5 Å². The summed E-state index contributed by atoms with van der Waals surface area (Å²) in [5, 5.41) is 8.57. The largest absolute Gasteiger partial charge is 0.342 e. The lowest BCUT2D eigenvalue weighted by atomic mass is 9.99. The third kappa shape index (κ3) is 5.47. The highest BCUT2D eigenvalue weighted by molar-refractivity contribution is 6.14. The van der Waals surface area contributed by atoms with Gasteiger partial charge in [0.1, 0.15) is 5.84 Å². The quantitative estimate of drug-likeness (QED) is 0.182. The Balaban J connectivity index is 1.00. The second kappa shape index (κ2) is 13.1. The monoisotopic (exact) mass is 731 g/mol. The van der Waals surface area contributed by atoms with Crippen molar-refractivity contribution in [3.8, 4) is 22.5 Å². The van der Waals surface area contributed by atoms with Crippen LogP contribution in [0.25, 0.3) is 66.1 Å². The van der Waals surface area contributed by atoms with Crippen molar-refractivity contribution in [1.29, 1.82) is 0 Å². The van der Waals surface area contributed by atoms with Crippen molar-refractivity contribution in [2.24, 2.45) is 9.98 Å². The van der Waals surface area contributed by atoms with Crippen LogP contribution in [-0.4, -0.2) is 20.8 Å². The van der Waals surface area contributed by atoms with Crippen LogP contribution in [0.15, 0.2) is 210 Å². The van der Waals surface area contributed by atoms with Gasteiger partial charge in [-0.25, -0.2) is 9.98 Å². The van der Waals surface area contributed by atoms with E-state index in [-0.39, 0.29) is 0 Å². The number of benzene rings is 8. The number of hydrogen-bond acceptors (Lipinski definition) is 3. The lowest BCUT2D eigenvalue weighted by molar-refractivity contribution is 0.455. The number of nitrogens with one attached hydrogen (secondary N) is 1. The first-order chi connectivity index (χ1) is 28.1. The zero-order chi connectivity index (χ0) is 37.9. The minimum atomic E-state index is -0.684. The smallest absolute Gasteiger partial charge is 0.159 e. The topological polar surface area (TPSA) is 46.6 Å².